The average molecular weight is 296 g/mol. The minimum absolute atomic E-state index is 0.174. The Bertz CT molecular complexity index is 594. The van der Waals surface area contributed by atoms with E-state index < -0.39 is 5.97 Å². The highest BCUT2D eigenvalue weighted by Crippen LogP contribution is 2.27. The summed E-state index contributed by atoms with van der Waals surface area (Å²) >= 11 is 1.12. The van der Waals surface area contributed by atoms with E-state index in [2.05, 4.69) is 19.9 Å². The first-order chi connectivity index (χ1) is 9.67. The van der Waals surface area contributed by atoms with Gasteiger partial charge in [-0.2, -0.15) is 4.37 Å². The Kier molecular flexibility index (Phi) is 4.51. The number of carbonyl (C=O) groups excluding carboxylic acids is 1. The van der Waals surface area contributed by atoms with Crippen molar-refractivity contribution in [2.75, 3.05) is 17.7 Å². The molecule has 0 unspecified atom stereocenters. The van der Waals surface area contributed by atoms with Crippen LogP contribution in [-0.2, 0) is 17.8 Å². The Hall–Kier alpha value is -2.16. The van der Waals surface area contributed by atoms with E-state index in [1.54, 1.807) is 13.3 Å². The maximum Gasteiger partial charge on any atom is 0.344 e. The van der Waals surface area contributed by atoms with Gasteiger partial charge in [0.05, 0.1) is 13.2 Å². The lowest BCUT2D eigenvalue weighted by molar-refractivity contribution is 0.0529. The van der Waals surface area contributed by atoms with Gasteiger partial charge in [-0.15, -0.1) is 10.2 Å². The highest BCUT2D eigenvalue weighted by atomic mass is 32.1. The number of hydrogen-bond donors (Lipinski definition) is 2. The summed E-state index contributed by atoms with van der Waals surface area (Å²) in [7, 11) is 0. The van der Waals surface area contributed by atoms with Gasteiger partial charge in [-0.25, -0.2) is 4.79 Å². The fourth-order valence-electron chi connectivity index (χ4n) is 1.66. The Balaban J connectivity index is 2.12. The number of rotatable bonds is 6. The van der Waals surface area contributed by atoms with Crippen molar-refractivity contribution in [2.24, 2.45) is 0 Å². The molecule has 0 amide bonds. The SMILES string of the molecule is CCOC(=O)c1c(N)nsc1NCc1nncn1CC. The molecule has 0 radical (unpaired) electrons. The van der Waals surface area contributed by atoms with E-state index >= 15 is 0 Å². The molecule has 0 aromatic carbocycles. The Morgan fingerprint density at radius 3 is 3.05 bits per heavy atom. The minimum Gasteiger partial charge on any atom is -0.462 e. The molecule has 20 heavy (non-hydrogen) atoms. The lowest BCUT2D eigenvalue weighted by Gasteiger charge is -2.07. The number of carbonyl (C=O) groups is 1. The third-order valence-electron chi connectivity index (χ3n) is 2.64. The summed E-state index contributed by atoms with van der Waals surface area (Å²) in [6.07, 6.45) is 1.66. The number of aryl methyl sites for hydroxylation is 1. The Morgan fingerprint density at radius 2 is 2.35 bits per heavy atom. The van der Waals surface area contributed by atoms with Crippen LogP contribution in [0.2, 0.25) is 0 Å². The third kappa shape index (κ3) is 2.87. The topological polar surface area (TPSA) is 108 Å². The zero-order valence-electron chi connectivity index (χ0n) is 11.3. The van der Waals surface area contributed by atoms with E-state index in [-0.39, 0.29) is 18.0 Å². The molecule has 0 aliphatic rings. The molecule has 2 rings (SSSR count). The molecule has 0 fully saturated rings. The number of esters is 1. The molecule has 0 bridgehead atoms. The van der Waals surface area contributed by atoms with E-state index in [1.165, 1.54) is 0 Å². The van der Waals surface area contributed by atoms with Crippen LogP contribution in [-0.4, -0.2) is 31.7 Å². The first-order valence-electron chi connectivity index (χ1n) is 6.20. The molecule has 0 atom stereocenters. The molecule has 2 aromatic heterocycles. The minimum atomic E-state index is -0.474. The fraction of sp³-hybridized carbons (Fsp3) is 0.455. The number of nitrogen functional groups attached to an aromatic ring is 1. The predicted molar refractivity (Wildman–Crippen MR) is 75.5 cm³/mol. The number of nitrogens with one attached hydrogen (secondary N) is 1. The zero-order valence-corrected chi connectivity index (χ0v) is 12.1. The van der Waals surface area contributed by atoms with Gasteiger partial charge in [-0.3, -0.25) is 0 Å². The summed E-state index contributed by atoms with van der Waals surface area (Å²) < 4.78 is 10.8. The van der Waals surface area contributed by atoms with Crippen molar-refractivity contribution in [1.82, 2.24) is 19.1 Å². The molecular formula is C11H16N6O2S. The third-order valence-corrected chi connectivity index (χ3v) is 3.46. The molecule has 0 aliphatic heterocycles. The summed E-state index contributed by atoms with van der Waals surface area (Å²) in [4.78, 5) is 11.8. The largest absolute Gasteiger partial charge is 0.462 e. The van der Waals surface area contributed by atoms with Crippen molar-refractivity contribution in [3.63, 3.8) is 0 Å². The monoisotopic (exact) mass is 296 g/mol. The quantitative estimate of drug-likeness (QED) is 0.769. The second-order valence-corrected chi connectivity index (χ2v) is 4.65. The molecule has 9 heteroatoms. The van der Waals surface area contributed by atoms with Gasteiger partial charge in [0.25, 0.3) is 0 Å². The molecule has 0 saturated carbocycles. The summed E-state index contributed by atoms with van der Waals surface area (Å²) in [6.45, 7) is 5.24. The first-order valence-corrected chi connectivity index (χ1v) is 6.97. The van der Waals surface area contributed by atoms with Crippen molar-refractivity contribution in [3.05, 3.63) is 17.7 Å². The predicted octanol–water partition coefficient (Wildman–Crippen LogP) is 1.13. The standard InChI is InChI=1S/C11H16N6O2S/c1-3-17-6-14-15-7(17)5-13-10-8(9(12)16-20-10)11(18)19-4-2/h6,13H,3-5H2,1-2H3,(H2,12,16). The van der Waals surface area contributed by atoms with Crippen LogP contribution in [0.15, 0.2) is 6.33 Å². The fourth-order valence-corrected chi connectivity index (χ4v) is 2.36. The van der Waals surface area contributed by atoms with Crippen molar-refractivity contribution in [2.45, 2.75) is 26.9 Å². The van der Waals surface area contributed by atoms with Crippen LogP contribution in [0.3, 0.4) is 0 Å². The van der Waals surface area contributed by atoms with E-state index in [0.29, 0.717) is 11.5 Å². The number of hydrogen-bond acceptors (Lipinski definition) is 8. The zero-order chi connectivity index (χ0) is 14.5. The Labute approximate surface area is 120 Å². The highest BCUT2D eigenvalue weighted by Gasteiger charge is 2.20. The van der Waals surface area contributed by atoms with Crippen molar-refractivity contribution < 1.29 is 9.53 Å². The molecule has 2 aromatic rings. The maximum atomic E-state index is 11.8. The van der Waals surface area contributed by atoms with Gasteiger partial charge in [-0.1, -0.05) is 0 Å². The number of nitrogens with two attached hydrogens (primary N) is 1. The van der Waals surface area contributed by atoms with E-state index in [9.17, 15) is 4.79 Å². The number of nitrogens with zero attached hydrogens (tertiary/aromatic N) is 4. The average Bonchev–Trinajstić information content (AvgIpc) is 3.02. The molecular weight excluding hydrogens is 280 g/mol. The van der Waals surface area contributed by atoms with Crippen LogP contribution in [0.4, 0.5) is 10.8 Å². The van der Waals surface area contributed by atoms with Gasteiger partial charge in [0.1, 0.15) is 16.9 Å². The summed E-state index contributed by atoms with van der Waals surface area (Å²) in [5, 5.41) is 11.5. The molecule has 8 nitrogen and oxygen atoms in total. The molecule has 0 saturated heterocycles. The number of aromatic nitrogens is 4. The van der Waals surface area contributed by atoms with Crippen LogP contribution >= 0.6 is 11.5 Å². The van der Waals surface area contributed by atoms with Crippen LogP contribution < -0.4 is 11.1 Å². The number of ether oxygens (including phenoxy) is 1. The van der Waals surface area contributed by atoms with Crippen molar-refractivity contribution in [1.29, 1.82) is 0 Å². The lowest BCUT2D eigenvalue weighted by Crippen LogP contribution is -2.11. The summed E-state index contributed by atoms with van der Waals surface area (Å²) in [5.41, 5.74) is 5.98. The maximum absolute atomic E-state index is 11.8. The van der Waals surface area contributed by atoms with Gasteiger partial charge in [0.15, 0.2) is 11.6 Å². The molecule has 108 valence electrons. The van der Waals surface area contributed by atoms with E-state index in [4.69, 9.17) is 10.5 Å². The van der Waals surface area contributed by atoms with Crippen LogP contribution in [0.5, 0.6) is 0 Å². The Morgan fingerprint density at radius 1 is 1.55 bits per heavy atom. The normalized spacial score (nSPS) is 10.5. The highest BCUT2D eigenvalue weighted by molar-refractivity contribution is 7.11. The van der Waals surface area contributed by atoms with E-state index in [1.807, 2.05) is 11.5 Å². The molecule has 0 spiro atoms. The van der Waals surface area contributed by atoms with Gasteiger partial charge < -0.3 is 20.4 Å². The second kappa shape index (κ2) is 6.33. The van der Waals surface area contributed by atoms with Gasteiger partial charge in [0, 0.05) is 6.54 Å². The summed E-state index contributed by atoms with van der Waals surface area (Å²) in [5.74, 6) is 0.473. The first kappa shape index (κ1) is 14.3. The number of anilines is 2. The smallest absolute Gasteiger partial charge is 0.344 e. The van der Waals surface area contributed by atoms with Crippen molar-refractivity contribution >= 4 is 28.3 Å². The van der Waals surface area contributed by atoms with Crippen LogP contribution in [0.25, 0.3) is 0 Å². The second-order valence-electron chi connectivity index (χ2n) is 3.88. The van der Waals surface area contributed by atoms with Crippen LogP contribution in [0, 0.1) is 0 Å². The lowest BCUT2D eigenvalue weighted by atomic mass is 10.3. The van der Waals surface area contributed by atoms with Gasteiger partial charge >= 0.3 is 5.97 Å². The van der Waals surface area contributed by atoms with E-state index in [0.717, 1.165) is 23.9 Å². The molecule has 2 heterocycles. The summed E-state index contributed by atoms with van der Waals surface area (Å²) in [6, 6.07) is 0. The molecule has 3 N–H and O–H groups in total. The van der Waals surface area contributed by atoms with Crippen LogP contribution in [0.1, 0.15) is 30.0 Å². The molecule has 0 aliphatic carbocycles. The van der Waals surface area contributed by atoms with Gasteiger partial charge in [0.2, 0.25) is 0 Å². The van der Waals surface area contributed by atoms with Gasteiger partial charge in [-0.05, 0) is 25.4 Å². The van der Waals surface area contributed by atoms with Crippen molar-refractivity contribution in [3.8, 4) is 0 Å².